The fourth-order valence-corrected chi connectivity index (χ4v) is 2.20. The van der Waals surface area contributed by atoms with Crippen molar-refractivity contribution in [1.29, 1.82) is 5.26 Å². The Balaban J connectivity index is 2.36. The van der Waals surface area contributed by atoms with Crippen LogP contribution in [-0.2, 0) is 0 Å². The van der Waals surface area contributed by atoms with Crippen LogP contribution in [0.3, 0.4) is 0 Å². The average Bonchev–Trinajstić information content (AvgIpc) is 2.29. The molecule has 2 nitrogen and oxygen atoms in total. The molecule has 0 heterocycles. The van der Waals surface area contributed by atoms with Gasteiger partial charge in [0.05, 0.1) is 11.3 Å². The summed E-state index contributed by atoms with van der Waals surface area (Å²) in [6.07, 6.45) is 0. The zero-order chi connectivity index (χ0) is 12.3. The van der Waals surface area contributed by atoms with Gasteiger partial charge < -0.3 is 5.32 Å². The summed E-state index contributed by atoms with van der Waals surface area (Å²) in [4.78, 5) is 0. The molecule has 0 amide bonds. The van der Waals surface area contributed by atoms with E-state index in [9.17, 15) is 0 Å². The molecule has 2 rings (SSSR count). The van der Waals surface area contributed by atoms with Gasteiger partial charge in [0.25, 0.3) is 0 Å². The first-order valence-corrected chi connectivity index (χ1v) is 6.50. The van der Waals surface area contributed by atoms with Crippen LogP contribution in [0.4, 0.5) is 11.4 Å². The number of rotatable bonds is 2. The quantitative estimate of drug-likeness (QED) is 0.841. The third-order valence-corrected chi connectivity index (χ3v) is 3.19. The van der Waals surface area contributed by atoms with Crippen molar-refractivity contribution in [3.8, 4) is 6.07 Å². The van der Waals surface area contributed by atoms with Crippen LogP contribution in [0.1, 0.15) is 5.56 Å². The Morgan fingerprint density at radius 3 is 2.47 bits per heavy atom. The van der Waals surface area contributed by atoms with Gasteiger partial charge in [-0.15, -0.1) is 0 Å². The van der Waals surface area contributed by atoms with Gasteiger partial charge in [-0.1, -0.05) is 37.9 Å². The van der Waals surface area contributed by atoms with E-state index >= 15 is 0 Å². The second kappa shape index (κ2) is 5.35. The van der Waals surface area contributed by atoms with Gasteiger partial charge in [-0.05, 0) is 36.4 Å². The topological polar surface area (TPSA) is 35.8 Å². The molecule has 0 aromatic heterocycles. The maximum Gasteiger partial charge on any atom is 0.101 e. The third-order valence-electron chi connectivity index (χ3n) is 2.21. The van der Waals surface area contributed by atoms with Gasteiger partial charge in [0.1, 0.15) is 6.07 Å². The molecule has 4 heteroatoms. The SMILES string of the molecule is N#Cc1ccc(Br)cc1Nc1cccc(Br)c1. The van der Waals surface area contributed by atoms with Crippen LogP contribution in [0, 0.1) is 11.3 Å². The third kappa shape index (κ3) is 3.09. The predicted octanol–water partition coefficient (Wildman–Crippen LogP) is 4.83. The van der Waals surface area contributed by atoms with Gasteiger partial charge in [0.2, 0.25) is 0 Å². The monoisotopic (exact) mass is 350 g/mol. The summed E-state index contributed by atoms with van der Waals surface area (Å²) in [5, 5.41) is 12.2. The molecule has 2 aromatic carbocycles. The van der Waals surface area contributed by atoms with Crippen LogP contribution >= 0.6 is 31.9 Å². The lowest BCUT2D eigenvalue weighted by Crippen LogP contribution is -1.93. The van der Waals surface area contributed by atoms with Crippen molar-refractivity contribution in [3.05, 3.63) is 57.0 Å². The number of nitrogens with zero attached hydrogens (tertiary/aromatic N) is 1. The number of nitrogens with one attached hydrogen (secondary N) is 1. The lowest BCUT2D eigenvalue weighted by Gasteiger charge is -2.09. The van der Waals surface area contributed by atoms with Gasteiger partial charge in [0, 0.05) is 14.6 Å². The molecular weight excluding hydrogens is 344 g/mol. The maximum atomic E-state index is 9.03. The molecule has 0 bridgehead atoms. The Morgan fingerprint density at radius 1 is 1.00 bits per heavy atom. The van der Waals surface area contributed by atoms with Gasteiger partial charge in [-0.2, -0.15) is 5.26 Å². The Kier molecular flexibility index (Phi) is 3.82. The molecule has 84 valence electrons. The first-order valence-electron chi connectivity index (χ1n) is 4.91. The molecule has 0 atom stereocenters. The van der Waals surface area contributed by atoms with Crippen molar-refractivity contribution in [2.75, 3.05) is 5.32 Å². The van der Waals surface area contributed by atoms with Gasteiger partial charge in [-0.3, -0.25) is 0 Å². The molecule has 2 aromatic rings. The second-order valence-electron chi connectivity index (χ2n) is 3.44. The maximum absolute atomic E-state index is 9.03. The fourth-order valence-electron chi connectivity index (χ4n) is 1.44. The molecule has 0 unspecified atom stereocenters. The molecule has 0 saturated carbocycles. The standard InChI is InChI=1S/C13H8Br2N2/c14-10-2-1-3-12(6-10)17-13-7-11(15)5-4-9(13)8-16/h1-7,17H. The summed E-state index contributed by atoms with van der Waals surface area (Å²) in [5.74, 6) is 0. The second-order valence-corrected chi connectivity index (χ2v) is 5.27. The summed E-state index contributed by atoms with van der Waals surface area (Å²) in [5.41, 5.74) is 2.35. The van der Waals surface area contributed by atoms with Gasteiger partial charge >= 0.3 is 0 Å². The first kappa shape index (κ1) is 12.2. The number of anilines is 2. The normalized spacial score (nSPS) is 9.71. The number of nitriles is 1. The minimum absolute atomic E-state index is 0.619. The number of hydrogen-bond acceptors (Lipinski definition) is 2. The Hall–Kier alpha value is -1.31. The van der Waals surface area contributed by atoms with E-state index in [0.29, 0.717) is 5.56 Å². The van der Waals surface area contributed by atoms with E-state index in [4.69, 9.17) is 5.26 Å². The highest BCUT2D eigenvalue weighted by atomic mass is 79.9. The van der Waals surface area contributed by atoms with E-state index in [2.05, 4.69) is 43.2 Å². The molecule has 0 aliphatic carbocycles. The van der Waals surface area contributed by atoms with Crippen LogP contribution in [-0.4, -0.2) is 0 Å². The summed E-state index contributed by atoms with van der Waals surface area (Å²) in [6.45, 7) is 0. The molecular formula is C13H8Br2N2. The minimum Gasteiger partial charge on any atom is -0.354 e. The van der Waals surface area contributed by atoms with Crippen molar-refractivity contribution in [2.24, 2.45) is 0 Å². The molecule has 0 spiro atoms. The zero-order valence-electron chi connectivity index (χ0n) is 8.74. The summed E-state index contributed by atoms with van der Waals surface area (Å²) < 4.78 is 1.94. The van der Waals surface area contributed by atoms with E-state index in [-0.39, 0.29) is 0 Å². The van der Waals surface area contributed by atoms with Crippen LogP contribution in [0.5, 0.6) is 0 Å². The van der Waals surface area contributed by atoms with E-state index in [0.717, 1.165) is 20.3 Å². The van der Waals surface area contributed by atoms with Crippen molar-refractivity contribution in [3.63, 3.8) is 0 Å². The molecule has 0 radical (unpaired) electrons. The summed E-state index contributed by atoms with van der Waals surface area (Å²) in [7, 11) is 0. The van der Waals surface area contributed by atoms with Crippen LogP contribution in [0.25, 0.3) is 0 Å². The van der Waals surface area contributed by atoms with Crippen LogP contribution in [0.15, 0.2) is 51.4 Å². The highest BCUT2D eigenvalue weighted by molar-refractivity contribution is 9.10. The molecule has 0 saturated heterocycles. The highest BCUT2D eigenvalue weighted by Gasteiger charge is 2.03. The molecule has 17 heavy (non-hydrogen) atoms. The number of halogens is 2. The van der Waals surface area contributed by atoms with Gasteiger partial charge in [0.15, 0.2) is 0 Å². The largest absolute Gasteiger partial charge is 0.354 e. The molecule has 1 N–H and O–H groups in total. The van der Waals surface area contributed by atoms with Crippen molar-refractivity contribution in [2.45, 2.75) is 0 Å². The number of benzene rings is 2. The Bertz CT molecular complexity index is 588. The molecule has 0 fully saturated rings. The Morgan fingerprint density at radius 2 is 1.76 bits per heavy atom. The Labute approximate surface area is 117 Å². The molecule has 0 aliphatic heterocycles. The smallest absolute Gasteiger partial charge is 0.101 e. The van der Waals surface area contributed by atoms with E-state index in [1.807, 2.05) is 36.4 Å². The van der Waals surface area contributed by atoms with E-state index in [1.54, 1.807) is 6.07 Å². The lowest BCUT2D eigenvalue weighted by molar-refractivity contribution is 1.45. The lowest BCUT2D eigenvalue weighted by atomic mass is 10.2. The zero-order valence-corrected chi connectivity index (χ0v) is 11.9. The van der Waals surface area contributed by atoms with Crippen LogP contribution < -0.4 is 5.32 Å². The molecule has 0 aliphatic rings. The number of hydrogen-bond donors (Lipinski definition) is 1. The fraction of sp³-hybridized carbons (Fsp3) is 0. The van der Waals surface area contributed by atoms with Crippen LogP contribution in [0.2, 0.25) is 0 Å². The minimum atomic E-state index is 0.619. The van der Waals surface area contributed by atoms with E-state index in [1.165, 1.54) is 0 Å². The summed E-state index contributed by atoms with van der Waals surface area (Å²) >= 11 is 6.81. The van der Waals surface area contributed by atoms with Crippen molar-refractivity contribution < 1.29 is 0 Å². The van der Waals surface area contributed by atoms with E-state index < -0.39 is 0 Å². The summed E-state index contributed by atoms with van der Waals surface area (Å²) in [6, 6.07) is 15.5. The van der Waals surface area contributed by atoms with Gasteiger partial charge in [-0.25, -0.2) is 0 Å². The van der Waals surface area contributed by atoms with Crippen molar-refractivity contribution in [1.82, 2.24) is 0 Å². The average molecular weight is 352 g/mol. The predicted molar refractivity (Wildman–Crippen MR) is 76.3 cm³/mol. The first-order chi connectivity index (χ1) is 8.19. The highest BCUT2D eigenvalue weighted by Crippen LogP contribution is 2.25. The van der Waals surface area contributed by atoms with Crippen molar-refractivity contribution >= 4 is 43.2 Å².